The number of benzene rings is 3. The van der Waals surface area contributed by atoms with Crippen molar-refractivity contribution in [1.29, 1.82) is 0 Å². The first-order chi connectivity index (χ1) is 22.9. The second-order valence-corrected chi connectivity index (χ2v) is 12.3. The van der Waals surface area contributed by atoms with Crippen LogP contribution in [0.2, 0.25) is 0 Å². The fraction of sp³-hybridized carbons (Fsp3) is 0.405. The molecule has 1 N–H and O–H groups in total. The Bertz CT molecular complexity index is 1510. The summed E-state index contributed by atoms with van der Waals surface area (Å²) in [4.78, 5) is 45.2. The van der Waals surface area contributed by atoms with Gasteiger partial charge < -0.3 is 24.6 Å². The van der Waals surface area contributed by atoms with Gasteiger partial charge in [0.2, 0.25) is 5.91 Å². The molecule has 2 aliphatic heterocycles. The van der Waals surface area contributed by atoms with Gasteiger partial charge in [-0.2, -0.15) is 0 Å². The molecule has 1 atom stereocenters. The van der Waals surface area contributed by atoms with E-state index in [9.17, 15) is 14.4 Å². The van der Waals surface area contributed by atoms with E-state index in [-0.39, 0.29) is 24.8 Å². The van der Waals surface area contributed by atoms with Gasteiger partial charge in [0.05, 0.1) is 30.9 Å². The van der Waals surface area contributed by atoms with Crippen LogP contribution >= 0.6 is 12.2 Å². The van der Waals surface area contributed by atoms with E-state index in [0.29, 0.717) is 41.1 Å². The van der Waals surface area contributed by atoms with E-state index in [2.05, 4.69) is 40.5 Å². The van der Waals surface area contributed by atoms with Gasteiger partial charge in [-0.1, -0.05) is 30.3 Å². The van der Waals surface area contributed by atoms with Crippen LogP contribution in [0.15, 0.2) is 78.9 Å². The lowest BCUT2D eigenvalue weighted by Crippen LogP contribution is -2.40. The van der Waals surface area contributed by atoms with Gasteiger partial charge in [-0.15, -0.1) is 0 Å². The van der Waals surface area contributed by atoms with E-state index in [1.165, 1.54) is 23.3 Å². The molecular weight excluding hydrogens is 612 g/mol. The molecule has 2 heterocycles. The van der Waals surface area contributed by atoms with Crippen LogP contribution < -0.4 is 15.0 Å². The number of esters is 1. The number of piperidine rings is 1. The first-order valence-electron chi connectivity index (χ1n) is 16.6. The number of nitrogens with one attached hydrogen (secondary N) is 1. The Morgan fingerprint density at radius 3 is 2.26 bits per heavy atom. The van der Waals surface area contributed by atoms with E-state index >= 15 is 0 Å². The van der Waals surface area contributed by atoms with E-state index in [1.54, 1.807) is 55.5 Å². The van der Waals surface area contributed by atoms with Gasteiger partial charge in [0.1, 0.15) is 11.8 Å². The number of ether oxygens (including phenoxy) is 2. The molecule has 47 heavy (non-hydrogen) atoms. The van der Waals surface area contributed by atoms with Gasteiger partial charge in [-0.25, -0.2) is 4.79 Å². The molecule has 0 aliphatic carbocycles. The largest absolute Gasteiger partial charge is 0.494 e. The zero-order valence-electron chi connectivity index (χ0n) is 27.2. The van der Waals surface area contributed by atoms with Crippen molar-refractivity contribution in [3.63, 3.8) is 0 Å². The second-order valence-electron chi connectivity index (χ2n) is 12.0. The van der Waals surface area contributed by atoms with Crippen molar-refractivity contribution in [1.82, 2.24) is 9.80 Å². The SMILES string of the molecule is CCOC(=O)c1ccc(N2C(=O)[C@@H](CC(=O)Nc3ccc(OCC)cc3)N(CCCN3CCC(Cc4ccccc4)CC3)C2=S)cc1. The Hall–Kier alpha value is -4.28. The van der Waals surface area contributed by atoms with Crippen molar-refractivity contribution in [2.24, 2.45) is 5.92 Å². The zero-order chi connectivity index (χ0) is 33.2. The lowest BCUT2D eigenvalue weighted by molar-refractivity contribution is -0.124. The number of anilines is 2. The molecule has 2 amide bonds. The predicted molar refractivity (Wildman–Crippen MR) is 188 cm³/mol. The monoisotopic (exact) mass is 656 g/mol. The normalized spacial score (nSPS) is 17.2. The zero-order valence-corrected chi connectivity index (χ0v) is 28.0. The molecule has 2 saturated heterocycles. The number of carbonyl (C=O) groups excluding carboxylic acids is 3. The Morgan fingerprint density at radius 2 is 1.60 bits per heavy atom. The van der Waals surface area contributed by atoms with Crippen molar-refractivity contribution < 1.29 is 23.9 Å². The Kier molecular flexibility index (Phi) is 12.0. The van der Waals surface area contributed by atoms with E-state index < -0.39 is 12.0 Å². The molecule has 0 unspecified atom stereocenters. The summed E-state index contributed by atoms with van der Waals surface area (Å²) >= 11 is 5.87. The predicted octanol–water partition coefficient (Wildman–Crippen LogP) is 5.94. The summed E-state index contributed by atoms with van der Waals surface area (Å²) in [5.74, 6) is 0.448. The minimum absolute atomic E-state index is 0.0471. The van der Waals surface area contributed by atoms with Crippen LogP contribution in [0.1, 0.15) is 55.5 Å². The van der Waals surface area contributed by atoms with Crippen LogP contribution in [0.25, 0.3) is 0 Å². The van der Waals surface area contributed by atoms with Crippen LogP contribution in [0.4, 0.5) is 11.4 Å². The van der Waals surface area contributed by atoms with Gasteiger partial charge in [-0.05, 0) is 131 Å². The molecule has 3 aromatic carbocycles. The number of thiocarbonyl (C=S) groups is 1. The van der Waals surface area contributed by atoms with Gasteiger partial charge >= 0.3 is 5.97 Å². The molecule has 0 saturated carbocycles. The molecule has 0 spiro atoms. The quantitative estimate of drug-likeness (QED) is 0.169. The smallest absolute Gasteiger partial charge is 0.338 e. The van der Waals surface area contributed by atoms with Gasteiger partial charge in [0.15, 0.2) is 5.11 Å². The maximum absolute atomic E-state index is 13.9. The van der Waals surface area contributed by atoms with Crippen molar-refractivity contribution in [3.05, 3.63) is 90.0 Å². The Morgan fingerprint density at radius 1 is 0.894 bits per heavy atom. The van der Waals surface area contributed by atoms with E-state index in [0.717, 1.165) is 38.2 Å². The first kappa shape index (κ1) is 34.1. The summed E-state index contributed by atoms with van der Waals surface area (Å²) in [7, 11) is 0. The topological polar surface area (TPSA) is 91.4 Å². The van der Waals surface area contributed by atoms with Crippen molar-refractivity contribution in [3.8, 4) is 5.75 Å². The third kappa shape index (κ3) is 8.96. The Labute approximate surface area is 282 Å². The molecule has 2 fully saturated rings. The number of nitrogens with zero attached hydrogens (tertiary/aromatic N) is 3. The molecule has 2 aliphatic rings. The second kappa shape index (κ2) is 16.5. The van der Waals surface area contributed by atoms with Crippen LogP contribution in [0.3, 0.4) is 0 Å². The highest BCUT2D eigenvalue weighted by molar-refractivity contribution is 7.80. The fourth-order valence-corrected chi connectivity index (χ4v) is 6.71. The number of carbonyl (C=O) groups is 3. The third-order valence-electron chi connectivity index (χ3n) is 8.73. The summed E-state index contributed by atoms with van der Waals surface area (Å²) < 4.78 is 10.6. The summed E-state index contributed by atoms with van der Waals surface area (Å²) in [6, 6.07) is 23.7. The number of rotatable bonds is 14. The summed E-state index contributed by atoms with van der Waals surface area (Å²) in [6.45, 7) is 8.04. The molecule has 0 aromatic heterocycles. The van der Waals surface area contributed by atoms with Gasteiger partial charge in [0.25, 0.3) is 5.91 Å². The fourth-order valence-electron chi connectivity index (χ4n) is 6.30. The molecule has 10 heteroatoms. The van der Waals surface area contributed by atoms with Crippen LogP contribution in [0.5, 0.6) is 5.75 Å². The average Bonchev–Trinajstić information content (AvgIpc) is 3.31. The average molecular weight is 657 g/mol. The van der Waals surface area contributed by atoms with Crippen LogP contribution in [-0.2, 0) is 20.7 Å². The maximum atomic E-state index is 13.9. The highest BCUT2D eigenvalue weighted by atomic mass is 32.1. The third-order valence-corrected chi connectivity index (χ3v) is 9.15. The lowest BCUT2D eigenvalue weighted by atomic mass is 9.90. The molecule has 5 rings (SSSR count). The van der Waals surface area contributed by atoms with Crippen molar-refractivity contribution >= 4 is 46.5 Å². The highest BCUT2D eigenvalue weighted by Gasteiger charge is 2.44. The maximum Gasteiger partial charge on any atom is 0.338 e. The molecule has 3 aromatic rings. The van der Waals surface area contributed by atoms with Crippen molar-refractivity contribution in [2.45, 2.75) is 52.0 Å². The first-order valence-corrected chi connectivity index (χ1v) is 17.0. The molecule has 0 radical (unpaired) electrons. The summed E-state index contributed by atoms with van der Waals surface area (Å²) in [5.41, 5.74) is 2.97. The molecule has 9 nitrogen and oxygen atoms in total. The number of hydrogen-bond acceptors (Lipinski definition) is 7. The highest BCUT2D eigenvalue weighted by Crippen LogP contribution is 2.29. The molecule has 0 bridgehead atoms. The van der Waals surface area contributed by atoms with Gasteiger partial charge in [0, 0.05) is 12.2 Å². The summed E-state index contributed by atoms with van der Waals surface area (Å²) in [5, 5.41) is 3.28. The molecular formula is C37H44N4O5S. The van der Waals surface area contributed by atoms with E-state index in [1.807, 2.05) is 11.8 Å². The molecule has 248 valence electrons. The number of amides is 2. The Balaban J connectivity index is 1.22. The minimum atomic E-state index is -0.744. The minimum Gasteiger partial charge on any atom is -0.494 e. The number of hydrogen-bond donors (Lipinski definition) is 1. The van der Waals surface area contributed by atoms with Crippen molar-refractivity contribution in [2.75, 3.05) is 49.6 Å². The lowest BCUT2D eigenvalue weighted by Gasteiger charge is -2.33. The number of likely N-dealkylation sites (tertiary alicyclic amines) is 1. The summed E-state index contributed by atoms with van der Waals surface area (Å²) in [6.07, 6.45) is 4.21. The van der Waals surface area contributed by atoms with Gasteiger partial charge in [-0.3, -0.25) is 14.5 Å². The van der Waals surface area contributed by atoms with Crippen LogP contribution in [-0.4, -0.2) is 78.1 Å². The van der Waals surface area contributed by atoms with E-state index in [4.69, 9.17) is 21.7 Å². The van der Waals surface area contributed by atoms with Crippen LogP contribution in [0, 0.1) is 5.92 Å². The standard InChI is InChI=1S/C37H44N4O5S/c1-3-45-32-17-13-30(14-18-32)38-34(42)26-33-35(43)41(31-15-11-29(12-16-31)36(44)46-4-2)37(47)40(33)22-8-21-39-23-19-28(20-24-39)25-27-9-6-5-7-10-27/h5-7,9-18,28,33H,3-4,8,19-26H2,1-2H3,(H,38,42)/t33-/m1/s1.